The molecule has 94 valence electrons. The van der Waals surface area contributed by atoms with Crippen LogP contribution in [0.2, 0.25) is 0 Å². The van der Waals surface area contributed by atoms with Crippen molar-refractivity contribution in [3.8, 4) is 0 Å². The van der Waals surface area contributed by atoms with E-state index in [4.69, 9.17) is 9.47 Å². The maximum atomic E-state index is 11.9. The zero-order valence-corrected chi connectivity index (χ0v) is 10.9. The van der Waals surface area contributed by atoms with E-state index in [1.807, 2.05) is 27.7 Å². The van der Waals surface area contributed by atoms with Gasteiger partial charge in [-0.2, -0.15) is 0 Å². The van der Waals surface area contributed by atoms with Crippen LogP contribution in [0.1, 0.15) is 34.6 Å². The quantitative estimate of drug-likeness (QED) is 0.496. The Bertz CT molecular complexity index is 228. The van der Waals surface area contributed by atoms with Crippen molar-refractivity contribution in [1.82, 2.24) is 4.90 Å². The second-order valence-electron chi connectivity index (χ2n) is 3.60. The van der Waals surface area contributed by atoms with Gasteiger partial charge >= 0.3 is 0 Å². The molecule has 0 rings (SSSR count). The average molecular weight is 229 g/mol. The fourth-order valence-corrected chi connectivity index (χ4v) is 1.49. The zero-order valence-electron chi connectivity index (χ0n) is 10.9. The Morgan fingerprint density at radius 2 is 1.56 bits per heavy atom. The summed E-state index contributed by atoms with van der Waals surface area (Å²) in [6.07, 6.45) is -0.619. The minimum atomic E-state index is -0.309. The van der Waals surface area contributed by atoms with Crippen LogP contribution in [-0.2, 0) is 14.3 Å². The van der Waals surface area contributed by atoms with Gasteiger partial charge in [-0.25, -0.2) is 0 Å². The molecule has 4 heteroatoms. The molecule has 0 saturated heterocycles. The Labute approximate surface area is 98.2 Å². The van der Waals surface area contributed by atoms with Gasteiger partial charge in [0, 0.05) is 18.8 Å². The number of carbonyl (C=O) groups is 1. The summed E-state index contributed by atoms with van der Waals surface area (Å²) in [6, 6.07) is 0. The Hall–Kier alpha value is -0.870. The van der Waals surface area contributed by atoms with Crippen LogP contribution in [0.15, 0.2) is 12.2 Å². The Balaban J connectivity index is 4.74. The van der Waals surface area contributed by atoms with Crippen molar-refractivity contribution in [3.05, 3.63) is 12.2 Å². The maximum Gasteiger partial charge on any atom is 0.252 e. The predicted molar refractivity (Wildman–Crippen MR) is 63.8 cm³/mol. The summed E-state index contributed by atoms with van der Waals surface area (Å²) in [6.45, 7) is 13.9. The smallest absolute Gasteiger partial charge is 0.252 e. The van der Waals surface area contributed by atoms with Gasteiger partial charge in [0.15, 0.2) is 0 Å². The number of amides is 1. The highest BCUT2D eigenvalue weighted by Gasteiger charge is 2.26. The van der Waals surface area contributed by atoms with Gasteiger partial charge in [0.05, 0.1) is 0 Å². The molecule has 0 heterocycles. The highest BCUT2D eigenvalue weighted by atomic mass is 16.5. The summed E-state index contributed by atoms with van der Waals surface area (Å²) in [5.74, 6) is -0.137. The number of hydrogen-bond donors (Lipinski definition) is 0. The summed E-state index contributed by atoms with van der Waals surface area (Å²) in [4.78, 5) is 13.5. The van der Waals surface area contributed by atoms with E-state index in [0.717, 1.165) is 0 Å². The lowest BCUT2D eigenvalue weighted by Crippen LogP contribution is -2.47. The maximum absolute atomic E-state index is 11.9. The molecule has 0 aliphatic carbocycles. The number of hydrogen-bond acceptors (Lipinski definition) is 3. The fourth-order valence-electron chi connectivity index (χ4n) is 1.49. The molecule has 4 nitrogen and oxygen atoms in total. The molecule has 0 radical (unpaired) electrons. The van der Waals surface area contributed by atoms with Crippen molar-refractivity contribution in [2.24, 2.45) is 0 Å². The number of nitrogens with zero attached hydrogens (tertiary/aromatic N) is 1. The van der Waals surface area contributed by atoms with E-state index >= 15 is 0 Å². The van der Waals surface area contributed by atoms with Gasteiger partial charge in [-0.3, -0.25) is 9.69 Å². The number of carbonyl (C=O) groups excluding carboxylic acids is 1. The zero-order chi connectivity index (χ0) is 12.7. The van der Waals surface area contributed by atoms with E-state index in [2.05, 4.69) is 6.58 Å². The summed E-state index contributed by atoms with van der Waals surface area (Å²) < 4.78 is 10.9. The summed E-state index contributed by atoms with van der Waals surface area (Å²) in [5.41, 5.74) is 0.484. The number of rotatable bonds is 7. The molecular formula is C12H23NO3. The van der Waals surface area contributed by atoms with Gasteiger partial charge in [0.1, 0.15) is 12.5 Å². The lowest BCUT2D eigenvalue weighted by Gasteiger charge is -2.33. The molecule has 0 aromatic rings. The van der Waals surface area contributed by atoms with E-state index in [-0.39, 0.29) is 18.4 Å². The van der Waals surface area contributed by atoms with Crippen LogP contribution >= 0.6 is 0 Å². The molecule has 0 saturated carbocycles. The van der Waals surface area contributed by atoms with Crippen LogP contribution < -0.4 is 0 Å². The molecule has 0 spiro atoms. The van der Waals surface area contributed by atoms with E-state index in [1.54, 1.807) is 11.8 Å². The Kier molecular flexibility index (Phi) is 7.01. The van der Waals surface area contributed by atoms with E-state index < -0.39 is 0 Å². The fraction of sp³-hybridized carbons (Fsp3) is 0.750. The third-order valence-corrected chi connectivity index (χ3v) is 2.20. The van der Waals surface area contributed by atoms with Gasteiger partial charge < -0.3 is 9.47 Å². The van der Waals surface area contributed by atoms with Crippen LogP contribution in [0.3, 0.4) is 0 Å². The van der Waals surface area contributed by atoms with Crippen LogP contribution in [0.25, 0.3) is 0 Å². The third kappa shape index (κ3) is 4.33. The minimum Gasteiger partial charge on any atom is -0.359 e. The normalized spacial score (nSPS) is 14.3. The van der Waals surface area contributed by atoms with Crippen molar-refractivity contribution in [1.29, 1.82) is 0 Å². The first-order valence-electron chi connectivity index (χ1n) is 5.67. The SMILES string of the molecule is C=C(C)C(=O)N(C(C)OCC)C(C)OCC. The first-order chi connectivity index (χ1) is 7.45. The molecule has 0 aromatic heterocycles. The summed E-state index contributed by atoms with van der Waals surface area (Å²) >= 11 is 0. The monoisotopic (exact) mass is 229 g/mol. The molecule has 2 unspecified atom stereocenters. The molecule has 0 aromatic carbocycles. The second kappa shape index (κ2) is 7.41. The van der Waals surface area contributed by atoms with E-state index in [0.29, 0.717) is 18.8 Å². The van der Waals surface area contributed by atoms with Crippen molar-refractivity contribution in [3.63, 3.8) is 0 Å². The lowest BCUT2D eigenvalue weighted by molar-refractivity contribution is -0.166. The van der Waals surface area contributed by atoms with Gasteiger partial charge in [0.25, 0.3) is 5.91 Å². The molecule has 0 bridgehead atoms. The standard InChI is InChI=1S/C12H23NO3/c1-7-15-10(5)13(11(6)16-8-2)12(14)9(3)4/h10-11H,3,7-8H2,1-2,4-6H3. The molecule has 0 aliphatic heterocycles. The Morgan fingerprint density at radius 3 is 1.81 bits per heavy atom. The molecule has 0 aliphatic rings. The minimum absolute atomic E-state index is 0.137. The van der Waals surface area contributed by atoms with Gasteiger partial charge in [-0.15, -0.1) is 0 Å². The predicted octanol–water partition coefficient (Wildman–Crippen LogP) is 2.16. The molecular weight excluding hydrogens is 206 g/mol. The average Bonchev–Trinajstić information content (AvgIpc) is 2.18. The van der Waals surface area contributed by atoms with Crippen LogP contribution in [-0.4, -0.2) is 36.5 Å². The lowest BCUT2D eigenvalue weighted by atomic mass is 10.3. The van der Waals surface area contributed by atoms with E-state index in [1.165, 1.54) is 0 Å². The molecule has 1 amide bonds. The van der Waals surface area contributed by atoms with Crippen molar-refractivity contribution < 1.29 is 14.3 Å². The Morgan fingerprint density at radius 1 is 1.19 bits per heavy atom. The largest absolute Gasteiger partial charge is 0.359 e. The van der Waals surface area contributed by atoms with Gasteiger partial charge in [-0.05, 0) is 34.6 Å². The van der Waals surface area contributed by atoms with Crippen LogP contribution in [0.4, 0.5) is 0 Å². The molecule has 0 fully saturated rings. The molecule has 16 heavy (non-hydrogen) atoms. The summed E-state index contributed by atoms with van der Waals surface area (Å²) in [5, 5.41) is 0. The van der Waals surface area contributed by atoms with Crippen molar-refractivity contribution >= 4 is 5.91 Å². The van der Waals surface area contributed by atoms with Gasteiger partial charge in [-0.1, -0.05) is 6.58 Å². The highest BCUT2D eigenvalue weighted by Crippen LogP contribution is 2.12. The van der Waals surface area contributed by atoms with Gasteiger partial charge in [0.2, 0.25) is 0 Å². The molecule has 2 atom stereocenters. The third-order valence-electron chi connectivity index (χ3n) is 2.20. The molecule has 0 N–H and O–H groups in total. The van der Waals surface area contributed by atoms with Crippen molar-refractivity contribution in [2.75, 3.05) is 13.2 Å². The second-order valence-corrected chi connectivity index (χ2v) is 3.60. The topological polar surface area (TPSA) is 38.8 Å². The summed E-state index contributed by atoms with van der Waals surface area (Å²) in [7, 11) is 0. The van der Waals surface area contributed by atoms with Crippen LogP contribution in [0, 0.1) is 0 Å². The van der Waals surface area contributed by atoms with Crippen LogP contribution in [0.5, 0.6) is 0 Å². The first kappa shape index (κ1) is 15.1. The van der Waals surface area contributed by atoms with E-state index in [9.17, 15) is 4.79 Å². The van der Waals surface area contributed by atoms with Crippen molar-refractivity contribution in [2.45, 2.75) is 47.1 Å². The first-order valence-corrected chi connectivity index (χ1v) is 5.67. The number of ether oxygens (including phenoxy) is 2. The highest BCUT2D eigenvalue weighted by molar-refractivity contribution is 5.92.